The first kappa shape index (κ1) is 16.3. The van der Waals surface area contributed by atoms with Crippen molar-refractivity contribution in [3.8, 4) is 11.5 Å². The quantitative estimate of drug-likeness (QED) is 0.751. The number of ether oxygens (including phenoxy) is 2. The van der Waals surface area contributed by atoms with E-state index >= 15 is 0 Å². The maximum atomic E-state index is 5.86. The minimum absolute atomic E-state index is 0.00218. The van der Waals surface area contributed by atoms with Gasteiger partial charge in [-0.1, -0.05) is 24.3 Å². The normalized spacial score (nSPS) is 18.7. The van der Waals surface area contributed by atoms with Crippen molar-refractivity contribution in [2.45, 2.75) is 18.5 Å². The fourth-order valence-electron chi connectivity index (χ4n) is 3.40. The Kier molecular flexibility index (Phi) is 4.12. The molecule has 2 heterocycles. The van der Waals surface area contributed by atoms with Gasteiger partial charge in [-0.05, 0) is 41.8 Å². The molecule has 134 valence electrons. The number of hydrogen-bond acceptors (Lipinski definition) is 6. The lowest BCUT2D eigenvalue weighted by atomic mass is 9.93. The van der Waals surface area contributed by atoms with Crippen molar-refractivity contribution >= 4 is 11.9 Å². The van der Waals surface area contributed by atoms with Gasteiger partial charge in [-0.2, -0.15) is 4.98 Å². The highest BCUT2D eigenvalue weighted by Crippen LogP contribution is 2.39. The van der Waals surface area contributed by atoms with Gasteiger partial charge in [-0.15, -0.1) is 5.10 Å². The van der Waals surface area contributed by atoms with Gasteiger partial charge in [0, 0.05) is 0 Å². The Morgan fingerprint density at radius 3 is 2.38 bits per heavy atom. The summed E-state index contributed by atoms with van der Waals surface area (Å²) in [5.41, 5.74) is 8.09. The van der Waals surface area contributed by atoms with Crippen LogP contribution in [-0.4, -0.2) is 29.0 Å². The van der Waals surface area contributed by atoms with Gasteiger partial charge in [-0.3, -0.25) is 0 Å². The van der Waals surface area contributed by atoms with Gasteiger partial charge in [0.1, 0.15) is 11.5 Å². The molecule has 26 heavy (non-hydrogen) atoms. The van der Waals surface area contributed by atoms with E-state index in [2.05, 4.69) is 27.5 Å². The molecule has 3 aromatic rings. The number of hydrogen-bond donors (Lipinski definition) is 2. The van der Waals surface area contributed by atoms with Gasteiger partial charge < -0.3 is 20.5 Å². The fraction of sp³-hybridized carbons (Fsp3) is 0.263. The monoisotopic (exact) mass is 351 g/mol. The first-order valence-electron chi connectivity index (χ1n) is 8.44. The van der Waals surface area contributed by atoms with E-state index in [1.54, 1.807) is 14.2 Å². The van der Waals surface area contributed by atoms with Gasteiger partial charge in [0.2, 0.25) is 11.9 Å². The lowest BCUT2D eigenvalue weighted by Gasteiger charge is -2.32. The maximum absolute atomic E-state index is 5.86. The molecule has 2 aromatic carbocycles. The highest BCUT2D eigenvalue weighted by molar-refractivity contribution is 5.43. The van der Waals surface area contributed by atoms with E-state index in [-0.39, 0.29) is 18.0 Å². The number of methoxy groups -OCH3 is 2. The number of fused-ring (bicyclic) bond motifs is 1. The molecule has 0 spiro atoms. The SMILES string of the molecule is COc1cccc([C@@H]2C[C@@H](c3cccc(OC)c3)n3nc(N)nc3N2)c1. The van der Waals surface area contributed by atoms with Crippen LogP contribution in [0.3, 0.4) is 0 Å². The summed E-state index contributed by atoms with van der Waals surface area (Å²) < 4.78 is 12.6. The van der Waals surface area contributed by atoms with E-state index in [1.165, 1.54) is 0 Å². The van der Waals surface area contributed by atoms with Gasteiger partial charge in [0.15, 0.2) is 0 Å². The summed E-state index contributed by atoms with van der Waals surface area (Å²) in [5, 5.41) is 7.82. The van der Waals surface area contributed by atoms with Crippen LogP contribution in [0.15, 0.2) is 48.5 Å². The van der Waals surface area contributed by atoms with Crippen molar-refractivity contribution in [1.82, 2.24) is 14.8 Å². The third kappa shape index (κ3) is 2.92. The first-order valence-corrected chi connectivity index (χ1v) is 8.44. The van der Waals surface area contributed by atoms with Crippen LogP contribution in [0.2, 0.25) is 0 Å². The van der Waals surface area contributed by atoms with Crippen molar-refractivity contribution in [3.05, 3.63) is 59.7 Å². The Morgan fingerprint density at radius 2 is 1.69 bits per heavy atom. The van der Waals surface area contributed by atoms with E-state index in [9.17, 15) is 0 Å². The average Bonchev–Trinajstić information content (AvgIpc) is 3.07. The molecule has 3 N–H and O–H groups in total. The fourth-order valence-corrected chi connectivity index (χ4v) is 3.40. The van der Waals surface area contributed by atoms with Gasteiger partial charge in [0.25, 0.3) is 0 Å². The molecular weight excluding hydrogens is 330 g/mol. The number of nitrogens with one attached hydrogen (secondary N) is 1. The number of nitrogens with two attached hydrogens (primary N) is 1. The van der Waals surface area contributed by atoms with Crippen LogP contribution in [0.1, 0.15) is 29.6 Å². The maximum Gasteiger partial charge on any atom is 0.241 e. The zero-order valence-electron chi connectivity index (χ0n) is 14.7. The standard InChI is InChI=1S/C19H21N5O2/c1-25-14-7-3-5-12(9-14)16-11-17(13-6-4-8-15(10-13)26-2)24-19(21-16)22-18(20)23-24/h3-10,16-17H,11H2,1-2H3,(H3,20,21,22,23)/t16-,17-/m0/s1. The Balaban J connectivity index is 1.75. The van der Waals surface area contributed by atoms with Crippen LogP contribution in [-0.2, 0) is 0 Å². The minimum Gasteiger partial charge on any atom is -0.497 e. The molecule has 2 atom stereocenters. The largest absolute Gasteiger partial charge is 0.497 e. The zero-order chi connectivity index (χ0) is 18.1. The van der Waals surface area contributed by atoms with Crippen LogP contribution in [0.25, 0.3) is 0 Å². The summed E-state index contributed by atoms with van der Waals surface area (Å²) in [6.07, 6.45) is 0.802. The third-order valence-corrected chi connectivity index (χ3v) is 4.68. The summed E-state index contributed by atoms with van der Waals surface area (Å²) >= 11 is 0. The summed E-state index contributed by atoms with van der Waals surface area (Å²) in [4.78, 5) is 4.34. The summed E-state index contributed by atoms with van der Waals surface area (Å²) in [5.74, 6) is 2.56. The number of nitrogen functional groups attached to an aromatic ring is 1. The number of anilines is 2. The molecule has 0 unspecified atom stereocenters. The van der Waals surface area contributed by atoms with Crippen LogP contribution in [0.5, 0.6) is 11.5 Å². The highest BCUT2D eigenvalue weighted by atomic mass is 16.5. The molecule has 1 aliphatic heterocycles. The number of nitrogens with zero attached hydrogens (tertiary/aromatic N) is 3. The Labute approximate surface area is 151 Å². The lowest BCUT2D eigenvalue weighted by molar-refractivity contribution is 0.404. The Hall–Kier alpha value is -3.22. The van der Waals surface area contributed by atoms with Crippen LogP contribution in [0, 0.1) is 0 Å². The number of rotatable bonds is 4. The molecule has 0 fully saturated rings. The molecule has 0 saturated carbocycles. The minimum atomic E-state index is 0.00218. The van der Waals surface area contributed by atoms with Gasteiger partial charge in [0.05, 0.1) is 26.3 Å². The Bertz CT molecular complexity index is 924. The third-order valence-electron chi connectivity index (χ3n) is 4.68. The molecule has 1 aromatic heterocycles. The van der Waals surface area contributed by atoms with E-state index < -0.39 is 0 Å². The van der Waals surface area contributed by atoms with Crippen molar-refractivity contribution < 1.29 is 9.47 Å². The molecule has 7 nitrogen and oxygen atoms in total. The second-order valence-electron chi connectivity index (χ2n) is 6.24. The molecule has 7 heteroatoms. The van der Waals surface area contributed by atoms with Gasteiger partial charge >= 0.3 is 0 Å². The topological polar surface area (TPSA) is 87.2 Å². The second kappa shape index (κ2) is 6.59. The summed E-state index contributed by atoms with van der Waals surface area (Å²) in [6.45, 7) is 0. The number of benzene rings is 2. The van der Waals surface area contributed by atoms with Crippen molar-refractivity contribution in [2.24, 2.45) is 0 Å². The van der Waals surface area contributed by atoms with E-state index in [0.29, 0.717) is 5.95 Å². The van der Waals surface area contributed by atoms with Crippen LogP contribution >= 0.6 is 0 Å². The van der Waals surface area contributed by atoms with Crippen molar-refractivity contribution in [1.29, 1.82) is 0 Å². The molecule has 4 rings (SSSR count). The van der Waals surface area contributed by atoms with Crippen LogP contribution < -0.4 is 20.5 Å². The molecule has 0 amide bonds. The molecule has 0 aliphatic carbocycles. The predicted octanol–water partition coefficient (Wildman–Crippen LogP) is 3.02. The average molecular weight is 351 g/mol. The van der Waals surface area contributed by atoms with Crippen LogP contribution in [0.4, 0.5) is 11.9 Å². The molecule has 1 aliphatic rings. The zero-order valence-corrected chi connectivity index (χ0v) is 14.7. The van der Waals surface area contributed by atoms with E-state index in [1.807, 2.05) is 41.1 Å². The Morgan fingerprint density at radius 1 is 1.04 bits per heavy atom. The molecule has 0 radical (unpaired) electrons. The molecular formula is C19H21N5O2. The lowest BCUT2D eigenvalue weighted by Crippen LogP contribution is -2.28. The summed E-state index contributed by atoms with van der Waals surface area (Å²) in [7, 11) is 3.34. The van der Waals surface area contributed by atoms with E-state index in [0.717, 1.165) is 29.0 Å². The first-order chi connectivity index (χ1) is 12.7. The molecule has 0 saturated heterocycles. The van der Waals surface area contributed by atoms with Crippen molar-refractivity contribution in [3.63, 3.8) is 0 Å². The highest BCUT2D eigenvalue weighted by Gasteiger charge is 2.31. The predicted molar refractivity (Wildman–Crippen MR) is 99.5 cm³/mol. The smallest absolute Gasteiger partial charge is 0.241 e. The number of aromatic nitrogens is 3. The second-order valence-corrected chi connectivity index (χ2v) is 6.24. The van der Waals surface area contributed by atoms with Crippen molar-refractivity contribution in [2.75, 3.05) is 25.3 Å². The summed E-state index contributed by atoms with van der Waals surface area (Å²) in [6, 6.07) is 16.1. The van der Waals surface area contributed by atoms with Gasteiger partial charge in [-0.25, -0.2) is 4.68 Å². The molecule has 0 bridgehead atoms. The van der Waals surface area contributed by atoms with E-state index in [4.69, 9.17) is 15.2 Å².